The average Bonchev–Trinajstić information content (AvgIpc) is 3.12. The summed E-state index contributed by atoms with van der Waals surface area (Å²) in [5, 5.41) is 15.6. The van der Waals surface area contributed by atoms with E-state index in [1.807, 2.05) is 48.5 Å². The standard InChI is InChI=1S/C23H25N3O6/c1-2-19(22(30)25-11-20(27)24-12-21(28)29)26-23(31)32-13-18-16-9-5-3-7-14(16)15-8-4-6-10-17(15)18/h3-10,18-19H,2,11-13H2,1H3,(H,24,27)(H,25,30)(H,26,31)(H,28,29). The van der Waals surface area contributed by atoms with Crippen molar-refractivity contribution in [3.05, 3.63) is 59.7 Å². The number of hydrogen-bond donors (Lipinski definition) is 4. The molecule has 0 aliphatic heterocycles. The minimum Gasteiger partial charge on any atom is -0.480 e. The summed E-state index contributed by atoms with van der Waals surface area (Å²) in [6.07, 6.45) is -0.448. The van der Waals surface area contributed by atoms with E-state index >= 15 is 0 Å². The average molecular weight is 439 g/mol. The predicted molar refractivity (Wildman–Crippen MR) is 116 cm³/mol. The van der Waals surface area contributed by atoms with E-state index in [0.29, 0.717) is 0 Å². The molecule has 4 N–H and O–H groups in total. The molecule has 1 unspecified atom stereocenters. The molecule has 0 saturated carbocycles. The number of carboxylic acids is 1. The molecule has 1 aliphatic rings. The van der Waals surface area contributed by atoms with Crippen molar-refractivity contribution in [2.24, 2.45) is 0 Å². The van der Waals surface area contributed by atoms with Gasteiger partial charge in [-0.1, -0.05) is 55.5 Å². The number of benzene rings is 2. The maximum atomic E-state index is 12.4. The second-order valence-corrected chi connectivity index (χ2v) is 7.32. The molecule has 0 fully saturated rings. The van der Waals surface area contributed by atoms with Gasteiger partial charge in [0.25, 0.3) is 0 Å². The first-order valence-corrected chi connectivity index (χ1v) is 10.3. The van der Waals surface area contributed by atoms with Crippen molar-refractivity contribution in [3.63, 3.8) is 0 Å². The molecule has 168 valence electrons. The fourth-order valence-electron chi connectivity index (χ4n) is 3.66. The normalized spacial score (nSPS) is 12.8. The van der Waals surface area contributed by atoms with Crippen LogP contribution in [0.1, 0.15) is 30.4 Å². The number of carboxylic acid groups (broad SMARTS) is 1. The number of nitrogens with one attached hydrogen (secondary N) is 3. The van der Waals surface area contributed by atoms with Crippen LogP contribution >= 0.6 is 0 Å². The maximum Gasteiger partial charge on any atom is 0.407 e. The summed E-state index contributed by atoms with van der Waals surface area (Å²) < 4.78 is 5.44. The van der Waals surface area contributed by atoms with E-state index < -0.39 is 43.0 Å². The minimum absolute atomic E-state index is 0.0972. The van der Waals surface area contributed by atoms with Crippen LogP contribution in [0.4, 0.5) is 4.79 Å². The number of amides is 3. The number of carbonyl (C=O) groups is 4. The van der Waals surface area contributed by atoms with Crippen molar-refractivity contribution < 1.29 is 29.0 Å². The minimum atomic E-state index is -1.19. The monoisotopic (exact) mass is 439 g/mol. The van der Waals surface area contributed by atoms with Gasteiger partial charge in [-0.2, -0.15) is 0 Å². The van der Waals surface area contributed by atoms with Crippen LogP contribution in [0.3, 0.4) is 0 Å². The number of hydrogen-bond acceptors (Lipinski definition) is 5. The van der Waals surface area contributed by atoms with Crippen LogP contribution in [0.25, 0.3) is 11.1 Å². The SMILES string of the molecule is CCC(NC(=O)OCC1c2ccccc2-c2ccccc21)C(=O)NCC(=O)NCC(=O)O. The Kier molecular flexibility index (Phi) is 7.43. The number of aliphatic carboxylic acids is 1. The molecule has 1 aliphatic carbocycles. The van der Waals surface area contributed by atoms with E-state index in [2.05, 4.69) is 16.0 Å². The Hall–Kier alpha value is -3.88. The Morgan fingerprint density at radius 1 is 0.938 bits per heavy atom. The third-order valence-electron chi connectivity index (χ3n) is 5.22. The maximum absolute atomic E-state index is 12.4. The summed E-state index contributed by atoms with van der Waals surface area (Å²) in [7, 11) is 0. The lowest BCUT2D eigenvalue weighted by Gasteiger charge is -2.18. The molecular formula is C23H25N3O6. The zero-order valence-corrected chi connectivity index (χ0v) is 17.6. The van der Waals surface area contributed by atoms with Crippen molar-refractivity contribution in [1.82, 2.24) is 16.0 Å². The first-order chi connectivity index (χ1) is 15.4. The van der Waals surface area contributed by atoms with Gasteiger partial charge in [-0.05, 0) is 28.7 Å². The molecule has 2 aromatic rings. The lowest BCUT2D eigenvalue weighted by atomic mass is 9.98. The molecule has 3 amide bonds. The lowest BCUT2D eigenvalue weighted by Crippen LogP contribution is -2.49. The molecular weight excluding hydrogens is 414 g/mol. The summed E-state index contributed by atoms with van der Waals surface area (Å²) in [5.74, 6) is -2.49. The van der Waals surface area contributed by atoms with Crippen molar-refractivity contribution in [2.45, 2.75) is 25.3 Å². The Morgan fingerprint density at radius 2 is 1.53 bits per heavy atom. The second kappa shape index (κ2) is 10.4. The van der Waals surface area contributed by atoms with Gasteiger partial charge in [0.1, 0.15) is 19.2 Å². The molecule has 0 radical (unpaired) electrons. The molecule has 0 saturated heterocycles. The third-order valence-corrected chi connectivity index (χ3v) is 5.22. The molecule has 0 heterocycles. The molecule has 0 aromatic heterocycles. The Morgan fingerprint density at radius 3 is 2.09 bits per heavy atom. The van der Waals surface area contributed by atoms with E-state index in [1.165, 1.54) is 0 Å². The van der Waals surface area contributed by atoms with Crippen LogP contribution in [0.2, 0.25) is 0 Å². The van der Waals surface area contributed by atoms with E-state index in [4.69, 9.17) is 9.84 Å². The quantitative estimate of drug-likeness (QED) is 0.469. The largest absolute Gasteiger partial charge is 0.480 e. The van der Waals surface area contributed by atoms with Crippen molar-refractivity contribution in [1.29, 1.82) is 0 Å². The van der Waals surface area contributed by atoms with Crippen LogP contribution in [-0.2, 0) is 19.1 Å². The van der Waals surface area contributed by atoms with Gasteiger partial charge < -0.3 is 25.8 Å². The number of carbonyl (C=O) groups excluding carboxylic acids is 3. The smallest absolute Gasteiger partial charge is 0.407 e. The molecule has 32 heavy (non-hydrogen) atoms. The predicted octanol–water partition coefficient (Wildman–Crippen LogP) is 1.62. The Balaban J connectivity index is 1.53. The highest BCUT2D eigenvalue weighted by Crippen LogP contribution is 2.44. The molecule has 9 nitrogen and oxygen atoms in total. The summed E-state index contributed by atoms with van der Waals surface area (Å²) in [6.45, 7) is 0.896. The zero-order chi connectivity index (χ0) is 23.1. The first-order valence-electron chi connectivity index (χ1n) is 10.3. The van der Waals surface area contributed by atoms with Gasteiger partial charge in [0, 0.05) is 5.92 Å². The van der Waals surface area contributed by atoms with Gasteiger partial charge >= 0.3 is 12.1 Å². The molecule has 3 rings (SSSR count). The summed E-state index contributed by atoms with van der Waals surface area (Å²) in [6, 6.07) is 15.0. The molecule has 2 aromatic carbocycles. The van der Waals surface area contributed by atoms with Crippen LogP contribution in [0, 0.1) is 0 Å². The number of rotatable bonds is 9. The fraction of sp³-hybridized carbons (Fsp3) is 0.304. The number of fused-ring (bicyclic) bond motifs is 3. The number of ether oxygens (including phenoxy) is 1. The van der Waals surface area contributed by atoms with Crippen LogP contribution < -0.4 is 16.0 Å². The van der Waals surface area contributed by atoms with E-state index in [9.17, 15) is 19.2 Å². The van der Waals surface area contributed by atoms with Crippen molar-refractivity contribution in [3.8, 4) is 11.1 Å². The van der Waals surface area contributed by atoms with Gasteiger partial charge in [0.05, 0.1) is 6.54 Å². The van der Waals surface area contributed by atoms with Crippen LogP contribution in [-0.4, -0.2) is 54.7 Å². The summed E-state index contributed by atoms with van der Waals surface area (Å²) in [5.41, 5.74) is 4.39. The van der Waals surface area contributed by atoms with Crippen molar-refractivity contribution in [2.75, 3.05) is 19.7 Å². The molecule has 9 heteroatoms. The van der Waals surface area contributed by atoms with Gasteiger partial charge in [-0.3, -0.25) is 14.4 Å². The summed E-state index contributed by atoms with van der Waals surface area (Å²) in [4.78, 5) is 46.6. The van der Waals surface area contributed by atoms with Crippen molar-refractivity contribution >= 4 is 23.9 Å². The van der Waals surface area contributed by atoms with Crippen LogP contribution in [0.15, 0.2) is 48.5 Å². The highest BCUT2D eigenvalue weighted by Gasteiger charge is 2.29. The highest BCUT2D eigenvalue weighted by molar-refractivity contribution is 5.90. The second-order valence-electron chi connectivity index (χ2n) is 7.32. The number of alkyl carbamates (subject to hydrolysis) is 1. The van der Waals surface area contributed by atoms with E-state index in [1.54, 1.807) is 6.92 Å². The van der Waals surface area contributed by atoms with Gasteiger partial charge in [0.2, 0.25) is 11.8 Å². The Labute approximate surface area is 185 Å². The molecule has 1 atom stereocenters. The Bertz CT molecular complexity index is 977. The first kappa shape index (κ1) is 22.8. The molecule has 0 spiro atoms. The van der Waals surface area contributed by atoms with E-state index in [-0.39, 0.29) is 18.9 Å². The summed E-state index contributed by atoms with van der Waals surface area (Å²) >= 11 is 0. The third kappa shape index (κ3) is 5.42. The molecule has 0 bridgehead atoms. The van der Waals surface area contributed by atoms with Gasteiger partial charge in [-0.15, -0.1) is 0 Å². The van der Waals surface area contributed by atoms with Gasteiger partial charge in [-0.25, -0.2) is 4.79 Å². The lowest BCUT2D eigenvalue weighted by molar-refractivity contribution is -0.137. The highest BCUT2D eigenvalue weighted by atomic mass is 16.5. The topological polar surface area (TPSA) is 134 Å². The fourth-order valence-corrected chi connectivity index (χ4v) is 3.66. The van der Waals surface area contributed by atoms with Gasteiger partial charge in [0.15, 0.2) is 0 Å². The zero-order valence-electron chi connectivity index (χ0n) is 17.6. The van der Waals surface area contributed by atoms with E-state index in [0.717, 1.165) is 22.3 Å². The van der Waals surface area contributed by atoms with Crippen LogP contribution in [0.5, 0.6) is 0 Å².